The van der Waals surface area contributed by atoms with Gasteiger partial charge in [0, 0.05) is 46.6 Å². The van der Waals surface area contributed by atoms with Gasteiger partial charge in [-0.25, -0.2) is 4.98 Å². The summed E-state index contributed by atoms with van der Waals surface area (Å²) in [5, 5.41) is 2.57. The molecule has 0 saturated heterocycles. The third-order valence-corrected chi connectivity index (χ3v) is 5.09. The Morgan fingerprint density at radius 1 is 0.968 bits per heavy atom. The highest BCUT2D eigenvalue weighted by atomic mass is 16.5. The highest BCUT2D eigenvalue weighted by Gasteiger charge is 2.13. The van der Waals surface area contributed by atoms with Crippen LogP contribution in [0.5, 0.6) is 11.5 Å². The van der Waals surface area contributed by atoms with Crippen molar-refractivity contribution >= 4 is 27.5 Å². The van der Waals surface area contributed by atoms with Gasteiger partial charge in [-0.1, -0.05) is 18.8 Å². The van der Waals surface area contributed by atoms with Gasteiger partial charge in [0.2, 0.25) is 0 Å². The van der Waals surface area contributed by atoms with Crippen LogP contribution in [0.4, 0.5) is 5.82 Å². The van der Waals surface area contributed by atoms with Gasteiger partial charge in [0.15, 0.2) is 11.5 Å². The Morgan fingerprint density at radius 2 is 1.74 bits per heavy atom. The summed E-state index contributed by atoms with van der Waals surface area (Å²) in [4.78, 5) is 13.4. The first kappa shape index (κ1) is 20.4. The Balaban J connectivity index is 1.90. The number of ether oxygens (including phenoxy) is 2. The molecule has 3 aromatic heterocycles. The number of hydrogen-bond donors (Lipinski definition) is 2. The predicted octanol–water partition coefficient (Wildman–Crippen LogP) is 3.53. The number of anilines is 1. The van der Waals surface area contributed by atoms with Crippen molar-refractivity contribution in [2.45, 2.75) is 19.4 Å². The standard InChI is InChI=1S/C24H23N5O2/c1-4-16(25)6-5-14-7-15(12-27-11-14)20-8-17-18-9-22(30-2)23(31-3)10-21(18)28-13-19(17)24(26)29-20/h7-13,16H,4,25H2,1-3H3,(H2,26,29). The maximum atomic E-state index is 6.29. The second-order valence-corrected chi connectivity index (χ2v) is 7.08. The number of nitrogens with two attached hydrogens (primary N) is 2. The molecule has 1 aromatic carbocycles. The number of rotatable bonds is 4. The minimum atomic E-state index is -0.163. The first-order chi connectivity index (χ1) is 15.0. The van der Waals surface area contributed by atoms with Crippen LogP contribution in [0, 0.1) is 11.8 Å². The molecule has 1 atom stereocenters. The third kappa shape index (κ3) is 3.93. The molecular formula is C24H23N5O2. The zero-order valence-electron chi connectivity index (χ0n) is 17.6. The lowest BCUT2D eigenvalue weighted by Crippen LogP contribution is -2.15. The van der Waals surface area contributed by atoms with Crippen LogP contribution in [0.2, 0.25) is 0 Å². The van der Waals surface area contributed by atoms with Crippen LogP contribution in [0.15, 0.2) is 42.9 Å². The van der Waals surface area contributed by atoms with Crippen molar-refractivity contribution < 1.29 is 9.47 Å². The Kier molecular flexibility index (Phi) is 5.56. The largest absolute Gasteiger partial charge is 0.493 e. The molecular weight excluding hydrogens is 390 g/mol. The molecule has 0 spiro atoms. The van der Waals surface area contributed by atoms with Crippen LogP contribution in [0.25, 0.3) is 32.9 Å². The number of nitrogen functional groups attached to an aromatic ring is 1. The fourth-order valence-corrected chi connectivity index (χ4v) is 3.33. The minimum Gasteiger partial charge on any atom is -0.493 e. The van der Waals surface area contributed by atoms with E-state index in [2.05, 4.69) is 26.8 Å². The van der Waals surface area contributed by atoms with Crippen molar-refractivity contribution in [1.29, 1.82) is 0 Å². The van der Waals surface area contributed by atoms with Gasteiger partial charge in [0.05, 0.1) is 31.5 Å². The number of benzene rings is 1. The Bertz CT molecular complexity index is 1340. The van der Waals surface area contributed by atoms with E-state index >= 15 is 0 Å². The molecule has 7 nitrogen and oxygen atoms in total. The van der Waals surface area contributed by atoms with Crippen LogP contribution in [-0.4, -0.2) is 35.2 Å². The van der Waals surface area contributed by atoms with E-state index in [1.807, 2.05) is 31.2 Å². The molecule has 0 aliphatic rings. The molecule has 0 saturated carbocycles. The summed E-state index contributed by atoms with van der Waals surface area (Å²) in [6, 6.07) is 7.50. The summed E-state index contributed by atoms with van der Waals surface area (Å²) in [5.74, 6) is 7.73. The van der Waals surface area contributed by atoms with Gasteiger partial charge in [-0.2, -0.15) is 0 Å². The molecule has 0 bridgehead atoms. The number of aromatic nitrogens is 3. The van der Waals surface area contributed by atoms with Crippen molar-refractivity contribution in [2.75, 3.05) is 20.0 Å². The van der Waals surface area contributed by atoms with Gasteiger partial charge in [-0.05, 0) is 30.0 Å². The second-order valence-electron chi connectivity index (χ2n) is 7.08. The van der Waals surface area contributed by atoms with Gasteiger partial charge in [0.1, 0.15) is 5.82 Å². The Labute approximate surface area is 180 Å². The quantitative estimate of drug-likeness (QED) is 0.389. The topological polar surface area (TPSA) is 109 Å². The average molecular weight is 413 g/mol. The van der Waals surface area contributed by atoms with Gasteiger partial charge in [-0.3, -0.25) is 9.97 Å². The van der Waals surface area contributed by atoms with E-state index < -0.39 is 0 Å². The zero-order valence-corrected chi connectivity index (χ0v) is 17.6. The molecule has 1 unspecified atom stereocenters. The van der Waals surface area contributed by atoms with Crippen LogP contribution in [0.3, 0.4) is 0 Å². The highest BCUT2D eigenvalue weighted by molar-refractivity contribution is 6.10. The molecule has 0 fully saturated rings. The molecule has 0 radical (unpaired) electrons. The van der Waals surface area contributed by atoms with E-state index in [1.165, 1.54) is 0 Å². The van der Waals surface area contributed by atoms with E-state index in [9.17, 15) is 0 Å². The summed E-state index contributed by atoms with van der Waals surface area (Å²) < 4.78 is 10.9. The number of pyridine rings is 3. The first-order valence-corrected chi connectivity index (χ1v) is 9.87. The van der Waals surface area contributed by atoms with Crippen molar-refractivity contribution in [3.8, 4) is 34.6 Å². The van der Waals surface area contributed by atoms with Gasteiger partial charge in [-0.15, -0.1) is 0 Å². The molecule has 0 aliphatic heterocycles. The van der Waals surface area contributed by atoms with E-state index in [0.717, 1.165) is 39.2 Å². The molecule has 4 N–H and O–H groups in total. The summed E-state index contributed by atoms with van der Waals surface area (Å²) in [5.41, 5.74) is 15.3. The summed E-state index contributed by atoms with van der Waals surface area (Å²) in [6.45, 7) is 2.00. The number of methoxy groups -OCH3 is 2. The smallest absolute Gasteiger partial charge is 0.162 e. The van der Waals surface area contributed by atoms with Crippen LogP contribution >= 0.6 is 0 Å². The van der Waals surface area contributed by atoms with E-state index in [-0.39, 0.29) is 6.04 Å². The molecule has 7 heteroatoms. The minimum absolute atomic E-state index is 0.163. The third-order valence-electron chi connectivity index (χ3n) is 5.09. The SMILES string of the molecule is CCC(N)C#Cc1cncc(-c2cc3c(cnc4cc(OC)c(OC)cc43)c(N)n2)c1. The van der Waals surface area contributed by atoms with Crippen molar-refractivity contribution in [3.63, 3.8) is 0 Å². The molecule has 3 heterocycles. The fraction of sp³-hybridized carbons (Fsp3) is 0.208. The fourth-order valence-electron chi connectivity index (χ4n) is 3.33. The lowest BCUT2D eigenvalue weighted by molar-refractivity contribution is 0.356. The van der Waals surface area contributed by atoms with Crippen molar-refractivity contribution in [3.05, 3.63) is 48.4 Å². The monoisotopic (exact) mass is 413 g/mol. The van der Waals surface area contributed by atoms with E-state index in [4.69, 9.17) is 20.9 Å². The van der Waals surface area contributed by atoms with E-state index in [0.29, 0.717) is 23.0 Å². The van der Waals surface area contributed by atoms with E-state index in [1.54, 1.807) is 32.8 Å². The average Bonchev–Trinajstić information content (AvgIpc) is 2.81. The van der Waals surface area contributed by atoms with Crippen molar-refractivity contribution in [1.82, 2.24) is 15.0 Å². The number of fused-ring (bicyclic) bond motifs is 3. The van der Waals surface area contributed by atoms with Crippen LogP contribution in [0.1, 0.15) is 18.9 Å². The predicted molar refractivity (Wildman–Crippen MR) is 123 cm³/mol. The summed E-state index contributed by atoms with van der Waals surface area (Å²) >= 11 is 0. The Morgan fingerprint density at radius 3 is 2.48 bits per heavy atom. The van der Waals surface area contributed by atoms with Gasteiger partial charge < -0.3 is 20.9 Å². The molecule has 0 amide bonds. The Hall–Kier alpha value is -3.89. The van der Waals surface area contributed by atoms with Crippen LogP contribution < -0.4 is 20.9 Å². The normalized spacial score (nSPS) is 11.7. The number of nitrogens with zero attached hydrogens (tertiary/aromatic N) is 3. The highest BCUT2D eigenvalue weighted by Crippen LogP contribution is 2.36. The van der Waals surface area contributed by atoms with Crippen molar-refractivity contribution in [2.24, 2.45) is 5.73 Å². The summed E-state index contributed by atoms with van der Waals surface area (Å²) in [6.07, 6.45) is 5.96. The lowest BCUT2D eigenvalue weighted by Gasteiger charge is -2.12. The number of hydrogen-bond acceptors (Lipinski definition) is 7. The molecule has 4 rings (SSSR count). The first-order valence-electron chi connectivity index (χ1n) is 9.87. The maximum Gasteiger partial charge on any atom is 0.162 e. The second kappa shape index (κ2) is 8.46. The molecule has 156 valence electrons. The lowest BCUT2D eigenvalue weighted by atomic mass is 10.0. The molecule has 4 aromatic rings. The summed E-state index contributed by atoms with van der Waals surface area (Å²) in [7, 11) is 3.20. The molecule has 31 heavy (non-hydrogen) atoms. The maximum absolute atomic E-state index is 6.29. The van der Waals surface area contributed by atoms with Gasteiger partial charge >= 0.3 is 0 Å². The zero-order chi connectivity index (χ0) is 22.0. The van der Waals surface area contributed by atoms with Crippen LogP contribution in [-0.2, 0) is 0 Å². The van der Waals surface area contributed by atoms with Gasteiger partial charge in [0.25, 0.3) is 0 Å². The molecule has 0 aliphatic carbocycles.